The molecule has 0 radical (unpaired) electrons. The number of nitrogens with one attached hydrogen (secondary N) is 1. The first-order valence-electron chi connectivity index (χ1n) is 6.91. The summed E-state index contributed by atoms with van der Waals surface area (Å²) in [5.41, 5.74) is 0. The van der Waals surface area contributed by atoms with E-state index in [0.717, 1.165) is 11.5 Å². The van der Waals surface area contributed by atoms with Crippen LogP contribution in [0.15, 0.2) is 40.8 Å². The number of halogens is 1. The number of benzene rings is 1. The Kier molecular flexibility index (Phi) is 5.67. The highest BCUT2D eigenvalue weighted by Gasteiger charge is 2.12. The molecule has 1 aromatic carbocycles. The van der Waals surface area contributed by atoms with Crippen molar-refractivity contribution in [1.29, 1.82) is 0 Å². The lowest BCUT2D eigenvalue weighted by Gasteiger charge is -2.16. The van der Waals surface area contributed by atoms with Gasteiger partial charge in [-0.1, -0.05) is 17.7 Å². The molecule has 0 amide bonds. The fourth-order valence-electron chi connectivity index (χ4n) is 1.91. The van der Waals surface area contributed by atoms with Crippen LogP contribution in [0.3, 0.4) is 0 Å². The molecular formula is C16H20ClNO3. The summed E-state index contributed by atoms with van der Waals surface area (Å²) in [6, 6.07) is 11.0. The first kappa shape index (κ1) is 15.9. The largest absolute Gasteiger partial charge is 0.491 e. The normalized spacial score (nSPS) is 13.9. The van der Waals surface area contributed by atoms with Crippen molar-refractivity contribution in [2.45, 2.75) is 26.0 Å². The zero-order valence-corrected chi connectivity index (χ0v) is 12.9. The van der Waals surface area contributed by atoms with Gasteiger partial charge in [0, 0.05) is 11.6 Å². The molecule has 0 spiro atoms. The number of aliphatic hydroxyl groups excluding tert-OH is 1. The molecule has 1 aromatic heterocycles. The fourth-order valence-corrected chi connectivity index (χ4v) is 2.09. The highest BCUT2D eigenvalue weighted by molar-refractivity contribution is 6.30. The molecule has 0 aliphatic heterocycles. The summed E-state index contributed by atoms with van der Waals surface area (Å²) in [6.45, 7) is 4.52. The van der Waals surface area contributed by atoms with Gasteiger partial charge in [0.15, 0.2) is 0 Å². The van der Waals surface area contributed by atoms with Crippen LogP contribution in [-0.2, 0) is 0 Å². The van der Waals surface area contributed by atoms with E-state index in [4.69, 9.17) is 20.8 Å². The summed E-state index contributed by atoms with van der Waals surface area (Å²) in [4.78, 5) is 0. The number of aliphatic hydroxyl groups is 1. The fraction of sp³-hybridized carbons (Fsp3) is 0.375. The van der Waals surface area contributed by atoms with E-state index in [2.05, 4.69) is 5.32 Å². The minimum absolute atomic E-state index is 0.0412. The van der Waals surface area contributed by atoms with Gasteiger partial charge in [-0.2, -0.15) is 0 Å². The molecular weight excluding hydrogens is 290 g/mol. The minimum atomic E-state index is -0.609. The van der Waals surface area contributed by atoms with Crippen LogP contribution in [0.1, 0.15) is 24.5 Å². The van der Waals surface area contributed by atoms with Gasteiger partial charge in [0.05, 0.1) is 6.04 Å². The molecule has 4 nitrogen and oxygen atoms in total. The van der Waals surface area contributed by atoms with Crippen LogP contribution in [0.2, 0.25) is 5.02 Å². The quantitative estimate of drug-likeness (QED) is 0.823. The van der Waals surface area contributed by atoms with E-state index in [0.29, 0.717) is 17.3 Å². The number of aryl methyl sites for hydroxylation is 1. The average Bonchev–Trinajstić information content (AvgIpc) is 2.89. The second-order valence-corrected chi connectivity index (χ2v) is 5.44. The molecule has 0 bridgehead atoms. The van der Waals surface area contributed by atoms with Crippen LogP contribution in [0, 0.1) is 6.92 Å². The molecule has 0 fully saturated rings. The van der Waals surface area contributed by atoms with Crippen molar-refractivity contribution < 1.29 is 14.3 Å². The van der Waals surface area contributed by atoms with E-state index in [1.54, 1.807) is 18.2 Å². The van der Waals surface area contributed by atoms with Crippen molar-refractivity contribution in [2.24, 2.45) is 0 Å². The Labute approximate surface area is 129 Å². The minimum Gasteiger partial charge on any atom is -0.491 e. The van der Waals surface area contributed by atoms with Crippen molar-refractivity contribution in [3.63, 3.8) is 0 Å². The Morgan fingerprint density at radius 1 is 1.33 bits per heavy atom. The first-order valence-corrected chi connectivity index (χ1v) is 7.28. The van der Waals surface area contributed by atoms with E-state index >= 15 is 0 Å². The lowest BCUT2D eigenvalue weighted by molar-refractivity contribution is 0.103. The van der Waals surface area contributed by atoms with Crippen molar-refractivity contribution in [3.8, 4) is 5.75 Å². The van der Waals surface area contributed by atoms with Gasteiger partial charge in [0.2, 0.25) is 0 Å². The number of ether oxygens (including phenoxy) is 1. The summed E-state index contributed by atoms with van der Waals surface area (Å²) in [5, 5.41) is 13.8. The van der Waals surface area contributed by atoms with E-state index in [1.807, 2.05) is 32.0 Å². The standard InChI is InChI=1S/C16H20ClNO3/c1-11-6-7-16(21-11)12(2)18-9-14(19)10-20-15-5-3-4-13(17)8-15/h3-8,12,14,18-19H,9-10H2,1-2H3. The Bertz CT molecular complexity index is 570. The van der Waals surface area contributed by atoms with Gasteiger partial charge in [0.1, 0.15) is 30.0 Å². The third-order valence-corrected chi connectivity index (χ3v) is 3.32. The number of furan rings is 1. The van der Waals surface area contributed by atoms with E-state index in [9.17, 15) is 5.11 Å². The summed E-state index contributed by atoms with van der Waals surface area (Å²) in [7, 11) is 0. The second kappa shape index (κ2) is 7.50. The molecule has 21 heavy (non-hydrogen) atoms. The van der Waals surface area contributed by atoms with E-state index in [-0.39, 0.29) is 12.6 Å². The molecule has 2 N–H and O–H groups in total. The molecule has 5 heteroatoms. The monoisotopic (exact) mass is 309 g/mol. The predicted octanol–water partition coefficient (Wildman–Crippen LogP) is 3.33. The Morgan fingerprint density at radius 3 is 2.81 bits per heavy atom. The highest BCUT2D eigenvalue weighted by atomic mass is 35.5. The highest BCUT2D eigenvalue weighted by Crippen LogP contribution is 2.17. The summed E-state index contributed by atoms with van der Waals surface area (Å²) < 4.78 is 11.0. The summed E-state index contributed by atoms with van der Waals surface area (Å²) in [6.07, 6.45) is -0.609. The van der Waals surface area contributed by atoms with Gasteiger partial charge >= 0.3 is 0 Å². The molecule has 2 rings (SSSR count). The third kappa shape index (κ3) is 5.08. The van der Waals surface area contributed by atoms with E-state index in [1.165, 1.54) is 0 Å². The molecule has 0 aliphatic rings. The summed E-state index contributed by atoms with van der Waals surface area (Å²) in [5.74, 6) is 2.38. The maximum atomic E-state index is 9.93. The van der Waals surface area contributed by atoms with Crippen molar-refractivity contribution in [3.05, 3.63) is 52.9 Å². The van der Waals surface area contributed by atoms with Crippen LogP contribution >= 0.6 is 11.6 Å². The molecule has 2 aromatic rings. The Balaban J connectivity index is 1.73. The van der Waals surface area contributed by atoms with Gasteiger partial charge in [-0.05, 0) is 44.2 Å². The Morgan fingerprint density at radius 2 is 2.14 bits per heavy atom. The van der Waals surface area contributed by atoms with Gasteiger partial charge < -0.3 is 19.6 Å². The molecule has 1 heterocycles. The molecule has 2 atom stereocenters. The predicted molar refractivity (Wildman–Crippen MR) is 82.8 cm³/mol. The van der Waals surface area contributed by atoms with Crippen LogP contribution in [0.25, 0.3) is 0 Å². The number of hydrogen-bond acceptors (Lipinski definition) is 4. The molecule has 2 unspecified atom stereocenters. The zero-order valence-electron chi connectivity index (χ0n) is 12.2. The van der Waals surface area contributed by atoms with Gasteiger partial charge in [-0.15, -0.1) is 0 Å². The topological polar surface area (TPSA) is 54.6 Å². The zero-order chi connectivity index (χ0) is 15.2. The van der Waals surface area contributed by atoms with Crippen LogP contribution < -0.4 is 10.1 Å². The molecule has 0 saturated heterocycles. The Hall–Kier alpha value is -1.49. The van der Waals surface area contributed by atoms with Crippen LogP contribution in [0.4, 0.5) is 0 Å². The maximum Gasteiger partial charge on any atom is 0.120 e. The van der Waals surface area contributed by atoms with Gasteiger partial charge in [-0.3, -0.25) is 0 Å². The van der Waals surface area contributed by atoms with Gasteiger partial charge in [0.25, 0.3) is 0 Å². The van der Waals surface area contributed by atoms with Crippen molar-refractivity contribution >= 4 is 11.6 Å². The lowest BCUT2D eigenvalue weighted by Crippen LogP contribution is -2.32. The lowest BCUT2D eigenvalue weighted by atomic mass is 10.2. The van der Waals surface area contributed by atoms with Crippen LogP contribution in [-0.4, -0.2) is 24.4 Å². The third-order valence-electron chi connectivity index (χ3n) is 3.09. The van der Waals surface area contributed by atoms with Crippen molar-refractivity contribution in [2.75, 3.05) is 13.2 Å². The maximum absolute atomic E-state index is 9.93. The van der Waals surface area contributed by atoms with Crippen LogP contribution in [0.5, 0.6) is 5.75 Å². The first-order chi connectivity index (χ1) is 10.0. The molecule has 114 valence electrons. The SMILES string of the molecule is Cc1ccc(C(C)NCC(O)COc2cccc(Cl)c2)o1. The smallest absolute Gasteiger partial charge is 0.120 e. The summed E-state index contributed by atoms with van der Waals surface area (Å²) >= 11 is 5.87. The second-order valence-electron chi connectivity index (χ2n) is 5.00. The van der Waals surface area contributed by atoms with Gasteiger partial charge in [-0.25, -0.2) is 0 Å². The average molecular weight is 310 g/mol. The molecule has 0 aliphatic carbocycles. The van der Waals surface area contributed by atoms with E-state index < -0.39 is 6.10 Å². The van der Waals surface area contributed by atoms with Crippen molar-refractivity contribution in [1.82, 2.24) is 5.32 Å². The number of hydrogen-bond donors (Lipinski definition) is 2. The number of rotatable bonds is 7. The molecule has 0 saturated carbocycles.